The minimum atomic E-state index is 0.306. The van der Waals surface area contributed by atoms with Crippen molar-refractivity contribution in [1.82, 2.24) is 5.32 Å². The Morgan fingerprint density at radius 3 is 2.81 bits per heavy atom. The van der Waals surface area contributed by atoms with E-state index in [0.717, 1.165) is 30.8 Å². The van der Waals surface area contributed by atoms with E-state index in [1.54, 1.807) is 0 Å². The monoisotopic (exact) mass is 279 g/mol. The van der Waals surface area contributed by atoms with E-state index in [1.807, 2.05) is 18.2 Å². The maximum absolute atomic E-state index is 5.54. The number of ether oxygens (including phenoxy) is 1. The van der Waals surface area contributed by atoms with Gasteiger partial charge in [0, 0.05) is 12.1 Å². The molecule has 108 valence electrons. The molecule has 0 aromatic heterocycles. The Bertz CT molecular complexity index is 613. The van der Waals surface area contributed by atoms with E-state index in [4.69, 9.17) is 11.2 Å². The van der Waals surface area contributed by atoms with Gasteiger partial charge in [-0.05, 0) is 31.5 Å². The number of hydrogen-bond acceptors (Lipinski definition) is 2. The first-order valence-corrected chi connectivity index (χ1v) is 7.20. The lowest BCUT2D eigenvalue weighted by Gasteiger charge is -2.10. The molecule has 0 aliphatic heterocycles. The maximum Gasteiger partial charge on any atom is 0.148 e. The second-order valence-corrected chi connectivity index (χ2v) is 5.02. The largest absolute Gasteiger partial charge is 0.481 e. The smallest absolute Gasteiger partial charge is 0.148 e. The normalized spacial score (nSPS) is 10.1. The topological polar surface area (TPSA) is 21.3 Å². The minimum Gasteiger partial charge on any atom is -0.481 e. The highest BCUT2D eigenvalue weighted by Gasteiger charge is 2.02. The molecule has 2 heteroatoms. The molecule has 0 bridgehead atoms. The standard InChI is InChI=1S/C19H21NO/c1-3-13-21-19-10-5-4-9-18(19)15-20-12-11-17-8-6-7-16(2)14-17/h1,4-10,14,20H,11-13,15H2,2H3. The molecule has 1 N–H and O–H groups in total. The number of terminal acetylenes is 1. The molecular weight excluding hydrogens is 258 g/mol. The quantitative estimate of drug-likeness (QED) is 0.620. The molecule has 0 aliphatic rings. The van der Waals surface area contributed by atoms with Gasteiger partial charge in [-0.1, -0.05) is 53.9 Å². The summed E-state index contributed by atoms with van der Waals surface area (Å²) in [5.41, 5.74) is 3.80. The Morgan fingerprint density at radius 2 is 2.00 bits per heavy atom. The van der Waals surface area contributed by atoms with Crippen LogP contribution in [0.3, 0.4) is 0 Å². The lowest BCUT2D eigenvalue weighted by atomic mass is 10.1. The van der Waals surface area contributed by atoms with E-state index in [9.17, 15) is 0 Å². The van der Waals surface area contributed by atoms with Crippen LogP contribution in [0.4, 0.5) is 0 Å². The summed E-state index contributed by atoms with van der Waals surface area (Å²) < 4.78 is 5.54. The highest BCUT2D eigenvalue weighted by molar-refractivity contribution is 5.33. The summed E-state index contributed by atoms with van der Waals surface area (Å²) >= 11 is 0. The molecule has 0 saturated heterocycles. The average molecular weight is 279 g/mol. The summed E-state index contributed by atoms with van der Waals surface area (Å²) in [7, 11) is 0. The van der Waals surface area contributed by atoms with Crippen LogP contribution in [0.15, 0.2) is 48.5 Å². The zero-order chi connectivity index (χ0) is 14.9. The van der Waals surface area contributed by atoms with Gasteiger partial charge in [-0.3, -0.25) is 0 Å². The van der Waals surface area contributed by atoms with Gasteiger partial charge in [0.2, 0.25) is 0 Å². The second kappa shape index (κ2) is 8.14. The van der Waals surface area contributed by atoms with E-state index < -0.39 is 0 Å². The predicted molar refractivity (Wildman–Crippen MR) is 87.4 cm³/mol. The molecule has 0 atom stereocenters. The molecule has 0 aliphatic carbocycles. The summed E-state index contributed by atoms with van der Waals surface area (Å²) in [6.45, 7) is 4.15. The van der Waals surface area contributed by atoms with Gasteiger partial charge in [0.1, 0.15) is 12.4 Å². The number of benzene rings is 2. The van der Waals surface area contributed by atoms with Crippen molar-refractivity contribution < 1.29 is 4.74 Å². The van der Waals surface area contributed by atoms with Gasteiger partial charge in [-0.15, -0.1) is 6.42 Å². The van der Waals surface area contributed by atoms with Gasteiger partial charge < -0.3 is 10.1 Å². The molecule has 2 nitrogen and oxygen atoms in total. The molecule has 0 fully saturated rings. The summed E-state index contributed by atoms with van der Waals surface area (Å²) in [5, 5.41) is 3.45. The fourth-order valence-corrected chi connectivity index (χ4v) is 2.23. The van der Waals surface area contributed by atoms with Crippen LogP contribution >= 0.6 is 0 Å². The first-order valence-electron chi connectivity index (χ1n) is 7.20. The first kappa shape index (κ1) is 15.2. The van der Waals surface area contributed by atoms with Crippen molar-refractivity contribution in [1.29, 1.82) is 0 Å². The van der Waals surface area contributed by atoms with Crippen molar-refractivity contribution in [3.05, 3.63) is 65.2 Å². The van der Waals surface area contributed by atoms with Crippen LogP contribution in [-0.4, -0.2) is 13.2 Å². The Kier molecular flexibility index (Phi) is 5.87. The zero-order valence-corrected chi connectivity index (χ0v) is 12.4. The SMILES string of the molecule is C#CCOc1ccccc1CNCCc1cccc(C)c1. The van der Waals surface area contributed by atoms with Crippen LogP contribution in [0, 0.1) is 19.3 Å². The Labute approximate surface area is 127 Å². The number of para-hydroxylation sites is 1. The molecule has 2 aromatic rings. The van der Waals surface area contributed by atoms with Crippen molar-refractivity contribution in [3.8, 4) is 18.1 Å². The summed E-state index contributed by atoms with van der Waals surface area (Å²) in [6, 6.07) is 16.6. The van der Waals surface area contributed by atoms with Crippen molar-refractivity contribution >= 4 is 0 Å². The number of aryl methyl sites for hydroxylation is 1. The van der Waals surface area contributed by atoms with E-state index in [0.29, 0.717) is 6.61 Å². The zero-order valence-electron chi connectivity index (χ0n) is 12.4. The molecule has 21 heavy (non-hydrogen) atoms. The van der Waals surface area contributed by atoms with Gasteiger partial charge in [0.05, 0.1) is 0 Å². The fourth-order valence-electron chi connectivity index (χ4n) is 2.23. The van der Waals surface area contributed by atoms with Gasteiger partial charge in [-0.25, -0.2) is 0 Å². The van der Waals surface area contributed by atoms with E-state index in [-0.39, 0.29) is 0 Å². The fraction of sp³-hybridized carbons (Fsp3) is 0.263. The maximum atomic E-state index is 5.54. The molecule has 0 spiro atoms. The molecule has 0 radical (unpaired) electrons. The average Bonchev–Trinajstić information content (AvgIpc) is 2.50. The summed E-state index contributed by atoms with van der Waals surface area (Å²) in [5.74, 6) is 3.35. The lowest BCUT2D eigenvalue weighted by molar-refractivity contribution is 0.365. The first-order chi connectivity index (χ1) is 10.3. The highest BCUT2D eigenvalue weighted by Crippen LogP contribution is 2.17. The van der Waals surface area contributed by atoms with Crippen LogP contribution in [0.2, 0.25) is 0 Å². The summed E-state index contributed by atoms with van der Waals surface area (Å²) in [4.78, 5) is 0. The van der Waals surface area contributed by atoms with Gasteiger partial charge in [0.25, 0.3) is 0 Å². The second-order valence-electron chi connectivity index (χ2n) is 5.02. The third-order valence-corrected chi connectivity index (χ3v) is 3.27. The Hall–Kier alpha value is -2.24. The molecule has 0 saturated carbocycles. The molecule has 0 heterocycles. The summed E-state index contributed by atoms with van der Waals surface area (Å²) in [6.07, 6.45) is 6.26. The molecule has 0 unspecified atom stereocenters. The highest BCUT2D eigenvalue weighted by atomic mass is 16.5. The number of hydrogen-bond donors (Lipinski definition) is 1. The van der Waals surface area contributed by atoms with Gasteiger partial charge in [-0.2, -0.15) is 0 Å². The van der Waals surface area contributed by atoms with Crippen LogP contribution in [-0.2, 0) is 13.0 Å². The van der Waals surface area contributed by atoms with Crippen LogP contribution in [0.5, 0.6) is 5.75 Å². The number of rotatable bonds is 7. The van der Waals surface area contributed by atoms with Crippen molar-refractivity contribution in [2.75, 3.05) is 13.2 Å². The molecule has 2 aromatic carbocycles. The van der Waals surface area contributed by atoms with Crippen molar-refractivity contribution in [2.24, 2.45) is 0 Å². The number of nitrogens with one attached hydrogen (secondary N) is 1. The molecule has 0 amide bonds. The van der Waals surface area contributed by atoms with E-state index >= 15 is 0 Å². The third-order valence-electron chi connectivity index (χ3n) is 3.27. The predicted octanol–water partition coefficient (Wildman–Crippen LogP) is 3.34. The van der Waals surface area contributed by atoms with Crippen LogP contribution in [0.25, 0.3) is 0 Å². The Balaban J connectivity index is 1.82. The van der Waals surface area contributed by atoms with Gasteiger partial charge >= 0.3 is 0 Å². The van der Waals surface area contributed by atoms with Crippen LogP contribution in [0.1, 0.15) is 16.7 Å². The van der Waals surface area contributed by atoms with Crippen LogP contribution < -0.4 is 10.1 Å². The van der Waals surface area contributed by atoms with Crippen molar-refractivity contribution in [2.45, 2.75) is 19.9 Å². The van der Waals surface area contributed by atoms with Gasteiger partial charge in [0.15, 0.2) is 0 Å². The third kappa shape index (κ3) is 4.98. The molecule has 2 rings (SSSR count). The van der Waals surface area contributed by atoms with E-state index in [2.05, 4.69) is 48.5 Å². The minimum absolute atomic E-state index is 0.306. The Morgan fingerprint density at radius 1 is 1.14 bits per heavy atom. The van der Waals surface area contributed by atoms with Crippen molar-refractivity contribution in [3.63, 3.8) is 0 Å². The molecular formula is C19H21NO. The van der Waals surface area contributed by atoms with E-state index in [1.165, 1.54) is 11.1 Å². The lowest BCUT2D eigenvalue weighted by Crippen LogP contribution is -2.17.